The lowest BCUT2D eigenvalue weighted by Crippen LogP contribution is -2.29. The van der Waals surface area contributed by atoms with Crippen LogP contribution in [0.15, 0.2) is 41.3 Å². The first-order valence-corrected chi connectivity index (χ1v) is 9.74. The number of hydrogen-bond donors (Lipinski definition) is 0. The van der Waals surface area contributed by atoms with E-state index in [2.05, 4.69) is 0 Å². The molecule has 4 nitrogen and oxygen atoms in total. The molecule has 0 fully saturated rings. The molecule has 0 saturated heterocycles. The van der Waals surface area contributed by atoms with E-state index in [1.54, 1.807) is 0 Å². The molecule has 0 bridgehead atoms. The Morgan fingerprint density at radius 3 is 2.19 bits per heavy atom. The third kappa shape index (κ3) is 3.37. The molecule has 0 aliphatic carbocycles. The smallest absolute Gasteiger partial charge is 0.210 e. The lowest BCUT2D eigenvalue weighted by molar-refractivity contribution is -0.125. The van der Waals surface area contributed by atoms with E-state index in [-0.39, 0.29) is 27.4 Å². The molecule has 2 aromatic rings. The highest BCUT2D eigenvalue weighted by Gasteiger charge is 2.44. The second-order valence-corrected chi connectivity index (χ2v) is 8.70. The van der Waals surface area contributed by atoms with E-state index >= 15 is 0 Å². The third-order valence-electron chi connectivity index (χ3n) is 4.17. The number of benzene rings is 2. The second kappa shape index (κ2) is 6.23. The van der Waals surface area contributed by atoms with Crippen LogP contribution in [-0.4, -0.2) is 26.1 Å². The molecule has 1 aliphatic heterocycles. The van der Waals surface area contributed by atoms with Crippen molar-refractivity contribution in [1.82, 2.24) is 0 Å². The van der Waals surface area contributed by atoms with Gasteiger partial charge in [0, 0.05) is 11.8 Å². The summed E-state index contributed by atoms with van der Waals surface area (Å²) in [7, 11) is -3.65. The quantitative estimate of drug-likeness (QED) is 0.793. The minimum absolute atomic E-state index is 0.222. The summed E-state index contributed by atoms with van der Waals surface area (Å²) in [6, 6.07) is 5.65. The Morgan fingerprint density at radius 1 is 0.926 bits per heavy atom. The van der Waals surface area contributed by atoms with Gasteiger partial charge in [0.25, 0.3) is 0 Å². The molecular weight excluding hydrogens is 381 g/mol. The summed E-state index contributed by atoms with van der Waals surface area (Å²) in [5.74, 6) is -3.52. The Labute approximate surface area is 154 Å². The lowest BCUT2D eigenvalue weighted by Gasteiger charge is -2.18. The zero-order chi connectivity index (χ0) is 20.1. The van der Waals surface area contributed by atoms with Crippen LogP contribution in [-0.2, 0) is 19.4 Å². The second-order valence-electron chi connectivity index (χ2n) is 6.68. The molecular formula is C19H15F3O4S. The number of halogens is 3. The first kappa shape index (κ1) is 19.2. The van der Waals surface area contributed by atoms with Crippen LogP contribution in [0.4, 0.5) is 13.2 Å². The van der Waals surface area contributed by atoms with Crippen molar-refractivity contribution in [3.05, 3.63) is 65.0 Å². The summed E-state index contributed by atoms with van der Waals surface area (Å²) in [6.07, 6.45) is 0.924. The minimum atomic E-state index is -3.65. The molecule has 1 aliphatic rings. The largest absolute Gasteiger partial charge is 0.478 e. The van der Waals surface area contributed by atoms with Gasteiger partial charge in [0.05, 0.1) is 16.0 Å². The Bertz CT molecular complexity index is 1100. The summed E-state index contributed by atoms with van der Waals surface area (Å²) in [5, 5.41) is 0. The number of Topliss-reactive ketones (excluding diaryl/α,β-unsaturated/α-hetero) is 1. The molecule has 0 spiro atoms. The van der Waals surface area contributed by atoms with Crippen molar-refractivity contribution in [1.29, 1.82) is 0 Å². The van der Waals surface area contributed by atoms with Crippen molar-refractivity contribution in [2.24, 2.45) is 0 Å². The summed E-state index contributed by atoms with van der Waals surface area (Å²) in [5.41, 5.74) is -2.30. The van der Waals surface area contributed by atoms with Crippen LogP contribution in [0, 0.1) is 17.5 Å². The van der Waals surface area contributed by atoms with E-state index in [9.17, 15) is 26.4 Å². The van der Waals surface area contributed by atoms with Crippen LogP contribution in [0.25, 0.3) is 11.3 Å². The maximum Gasteiger partial charge on any atom is 0.210 e. The van der Waals surface area contributed by atoms with E-state index in [1.165, 1.54) is 13.8 Å². The third-order valence-corrected chi connectivity index (χ3v) is 5.28. The van der Waals surface area contributed by atoms with E-state index in [0.29, 0.717) is 0 Å². The van der Waals surface area contributed by atoms with E-state index < -0.39 is 38.7 Å². The molecule has 0 radical (unpaired) electrons. The highest BCUT2D eigenvalue weighted by Crippen LogP contribution is 2.42. The highest BCUT2D eigenvalue weighted by atomic mass is 32.2. The Balaban J connectivity index is 2.28. The molecule has 0 atom stereocenters. The number of rotatable bonds is 3. The fraction of sp³-hybridized carbons (Fsp3) is 0.211. The van der Waals surface area contributed by atoms with Gasteiger partial charge in [0.1, 0.15) is 23.2 Å². The topological polar surface area (TPSA) is 60.4 Å². The number of sulfone groups is 1. The first-order chi connectivity index (χ1) is 12.4. The van der Waals surface area contributed by atoms with Gasteiger partial charge in [-0.25, -0.2) is 21.6 Å². The van der Waals surface area contributed by atoms with Crippen LogP contribution in [0.5, 0.6) is 0 Å². The Kier molecular flexibility index (Phi) is 4.42. The maximum atomic E-state index is 14.6. The average molecular weight is 396 g/mol. The number of carbonyl (C=O) groups is 1. The molecule has 142 valence electrons. The van der Waals surface area contributed by atoms with Crippen molar-refractivity contribution in [3.8, 4) is 0 Å². The van der Waals surface area contributed by atoms with Crippen molar-refractivity contribution >= 4 is 27.0 Å². The van der Waals surface area contributed by atoms with Crippen molar-refractivity contribution in [3.63, 3.8) is 0 Å². The highest BCUT2D eigenvalue weighted by molar-refractivity contribution is 7.90. The standard InChI is InChI=1S/C19H15F3O4S/c1-19(2)18(23)16(13-8-10(20)4-7-14(13)21)17(26-19)12-6-5-11(9-15(12)22)27(3,24)25/h4-9H,1-3H3. The van der Waals surface area contributed by atoms with Crippen molar-refractivity contribution in [2.75, 3.05) is 6.26 Å². The molecule has 8 heteroatoms. The monoisotopic (exact) mass is 396 g/mol. The van der Waals surface area contributed by atoms with Crippen LogP contribution < -0.4 is 0 Å². The zero-order valence-corrected chi connectivity index (χ0v) is 15.5. The van der Waals surface area contributed by atoms with Gasteiger partial charge in [-0.2, -0.15) is 0 Å². The summed E-state index contributed by atoms with van der Waals surface area (Å²) >= 11 is 0. The van der Waals surface area contributed by atoms with Crippen molar-refractivity contribution in [2.45, 2.75) is 24.3 Å². The Hall–Kier alpha value is -2.61. The van der Waals surface area contributed by atoms with Gasteiger partial charge >= 0.3 is 0 Å². The predicted molar refractivity (Wildman–Crippen MR) is 92.9 cm³/mol. The zero-order valence-electron chi connectivity index (χ0n) is 14.6. The van der Waals surface area contributed by atoms with Gasteiger partial charge in [-0.15, -0.1) is 0 Å². The first-order valence-electron chi connectivity index (χ1n) is 7.85. The summed E-state index contributed by atoms with van der Waals surface area (Å²) < 4.78 is 71.3. The van der Waals surface area contributed by atoms with Crippen molar-refractivity contribution < 1.29 is 31.1 Å². The van der Waals surface area contributed by atoms with Gasteiger partial charge in [0.2, 0.25) is 5.78 Å². The van der Waals surface area contributed by atoms with Gasteiger partial charge in [-0.1, -0.05) is 0 Å². The summed E-state index contributed by atoms with van der Waals surface area (Å²) in [6.45, 7) is 2.84. The molecule has 0 N–H and O–H groups in total. The molecule has 0 aromatic heterocycles. The maximum absolute atomic E-state index is 14.6. The van der Waals surface area contributed by atoms with Crippen LogP contribution in [0.1, 0.15) is 25.0 Å². The van der Waals surface area contributed by atoms with Crippen LogP contribution >= 0.6 is 0 Å². The van der Waals surface area contributed by atoms with Crippen LogP contribution in [0.2, 0.25) is 0 Å². The fourth-order valence-corrected chi connectivity index (χ4v) is 3.42. The van der Waals surface area contributed by atoms with Gasteiger partial charge in [0.15, 0.2) is 15.4 Å². The van der Waals surface area contributed by atoms with E-state index in [1.807, 2.05) is 0 Å². The number of ketones is 1. The average Bonchev–Trinajstić information content (AvgIpc) is 2.79. The molecule has 0 saturated carbocycles. The Morgan fingerprint density at radius 2 is 1.59 bits per heavy atom. The molecule has 0 amide bonds. The lowest BCUT2D eigenvalue weighted by atomic mass is 9.92. The number of ether oxygens (including phenoxy) is 1. The molecule has 2 aromatic carbocycles. The van der Waals surface area contributed by atoms with Crippen LogP contribution in [0.3, 0.4) is 0 Å². The summed E-state index contributed by atoms with van der Waals surface area (Å²) in [4.78, 5) is 12.5. The molecule has 3 rings (SSSR count). The van der Waals surface area contributed by atoms with Gasteiger partial charge < -0.3 is 4.74 Å². The van der Waals surface area contributed by atoms with E-state index in [4.69, 9.17) is 4.74 Å². The molecule has 27 heavy (non-hydrogen) atoms. The minimum Gasteiger partial charge on any atom is -0.478 e. The number of hydrogen-bond acceptors (Lipinski definition) is 4. The molecule has 0 unspecified atom stereocenters. The van der Waals surface area contributed by atoms with E-state index in [0.717, 1.165) is 42.7 Å². The molecule has 1 heterocycles. The predicted octanol–water partition coefficient (Wildman–Crippen LogP) is 3.75. The van der Waals surface area contributed by atoms with Gasteiger partial charge in [-0.3, -0.25) is 4.79 Å². The fourth-order valence-electron chi connectivity index (χ4n) is 2.79. The SMILES string of the molecule is CC1(C)OC(c2ccc(S(C)(=O)=O)cc2F)=C(c2cc(F)ccc2F)C1=O. The number of carbonyl (C=O) groups excluding carboxylic acids is 1. The van der Waals surface area contributed by atoms with Gasteiger partial charge in [-0.05, 0) is 50.2 Å². The normalized spacial score (nSPS) is 16.6.